The van der Waals surface area contributed by atoms with E-state index in [-0.39, 0.29) is 12.5 Å². The largest absolute Gasteiger partial charge is 0.484 e. The summed E-state index contributed by atoms with van der Waals surface area (Å²) < 4.78 is 5.36. The minimum Gasteiger partial charge on any atom is -0.484 e. The normalized spacial score (nSPS) is 10.8. The van der Waals surface area contributed by atoms with Crippen LogP contribution in [-0.4, -0.2) is 18.7 Å². The van der Waals surface area contributed by atoms with Gasteiger partial charge in [-0.1, -0.05) is 53.2 Å². The van der Waals surface area contributed by atoms with Gasteiger partial charge < -0.3 is 4.74 Å². The topological polar surface area (TPSA) is 50.7 Å². The van der Waals surface area contributed by atoms with E-state index >= 15 is 0 Å². The van der Waals surface area contributed by atoms with Crippen molar-refractivity contribution < 1.29 is 9.53 Å². The minimum absolute atomic E-state index is 0.120. The first kappa shape index (κ1) is 20.0. The summed E-state index contributed by atoms with van der Waals surface area (Å²) in [6, 6.07) is 23.2. The second-order valence-electron chi connectivity index (χ2n) is 6.02. The zero-order valence-electron chi connectivity index (χ0n) is 15.3. The summed E-state index contributed by atoms with van der Waals surface area (Å²) in [5.74, 6) is 0.239. The molecular weight excluding hydrogens is 392 g/mol. The fourth-order valence-electron chi connectivity index (χ4n) is 2.26. The van der Waals surface area contributed by atoms with E-state index in [4.69, 9.17) is 16.3 Å². The highest BCUT2D eigenvalue weighted by Gasteiger charge is 2.01. The molecule has 0 atom stereocenters. The molecule has 0 unspecified atom stereocenters. The van der Waals surface area contributed by atoms with Gasteiger partial charge in [0, 0.05) is 14.8 Å². The SMILES string of the molecule is Cc1ccc(Sc2ccc(/C=N\NC(=O)COc3ccc(Cl)cc3)cc2)cc1. The smallest absolute Gasteiger partial charge is 0.277 e. The van der Waals surface area contributed by atoms with E-state index < -0.39 is 0 Å². The number of hydrazone groups is 1. The molecule has 0 heterocycles. The summed E-state index contributed by atoms with van der Waals surface area (Å²) in [6.07, 6.45) is 1.60. The first-order valence-electron chi connectivity index (χ1n) is 8.63. The van der Waals surface area contributed by atoms with E-state index in [0.29, 0.717) is 10.8 Å². The summed E-state index contributed by atoms with van der Waals surface area (Å²) in [5, 5.41) is 4.57. The fourth-order valence-corrected chi connectivity index (χ4v) is 3.20. The Morgan fingerprint density at radius 2 is 1.61 bits per heavy atom. The number of amides is 1. The number of benzene rings is 3. The molecule has 142 valence electrons. The molecule has 0 fully saturated rings. The fraction of sp³-hybridized carbons (Fsp3) is 0.0909. The molecule has 0 spiro atoms. The molecule has 0 radical (unpaired) electrons. The van der Waals surface area contributed by atoms with E-state index in [1.165, 1.54) is 10.5 Å². The number of rotatable bonds is 7. The zero-order chi connectivity index (χ0) is 19.8. The van der Waals surface area contributed by atoms with Crippen LogP contribution in [0, 0.1) is 6.92 Å². The van der Waals surface area contributed by atoms with Gasteiger partial charge in [-0.25, -0.2) is 5.43 Å². The molecule has 0 aliphatic heterocycles. The van der Waals surface area contributed by atoms with Gasteiger partial charge in [-0.3, -0.25) is 4.79 Å². The Morgan fingerprint density at radius 3 is 2.25 bits per heavy atom. The molecule has 0 bridgehead atoms. The standard InChI is InChI=1S/C22H19ClN2O2S/c1-16-2-10-20(11-3-16)28-21-12-4-17(5-13-21)14-24-25-22(26)15-27-19-8-6-18(23)7-9-19/h2-14H,15H2,1H3,(H,25,26)/b24-14-. The van der Waals surface area contributed by atoms with Crippen molar-refractivity contribution in [3.63, 3.8) is 0 Å². The molecule has 4 nitrogen and oxygen atoms in total. The van der Waals surface area contributed by atoms with E-state index in [9.17, 15) is 4.79 Å². The van der Waals surface area contributed by atoms with Crippen LogP contribution in [0.15, 0.2) is 87.7 Å². The molecule has 0 saturated carbocycles. The van der Waals surface area contributed by atoms with Gasteiger partial charge in [-0.15, -0.1) is 0 Å². The Balaban J connectivity index is 1.45. The second kappa shape index (κ2) is 9.97. The number of carbonyl (C=O) groups excluding carboxylic acids is 1. The van der Waals surface area contributed by atoms with Crippen LogP contribution in [-0.2, 0) is 4.79 Å². The van der Waals surface area contributed by atoms with Crippen molar-refractivity contribution in [1.29, 1.82) is 0 Å². The molecule has 3 aromatic carbocycles. The van der Waals surface area contributed by atoms with Crippen LogP contribution in [0.1, 0.15) is 11.1 Å². The lowest BCUT2D eigenvalue weighted by Crippen LogP contribution is -2.24. The lowest BCUT2D eigenvalue weighted by atomic mass is 10.2. The second-order valence-corrected chi connectivity index (χ2v) is 7.60. The number of carbonyl (C=O) groups is 1. The lowest BCUT2D eigenvalue weighted by molar-refractivity contribution is -0.123. The third-order valence-electron chi connectivity index (χ3n) is 3.72. The molecule has 0 aromatic heterocycles. The number of nitrogens with one attached hydrogen (secondary N) is 1. The van der Waals surface area contributed by atoms with Crippen molar-refractivity contribution in [2.24, 2.45) is 5.10 Å². The van der Waals surface area contributed by atoms with Gasteiger partial charge in [-0.2, -0.15) is 5.10 Å². The molecule has 0 aliphatic carbocycles. The quantitative estimate of drug-likeness (QED) is 0.423. The van der Waals surface area contributed by atoms with Crippen LogP contribution < -0.4 is 10.2 Å². The van der Waals surface area contributed by atoms with E-state index in [2.05, 4.69) is 41.7 Å². The molecule has 1 N–H and O–H groups in total. The predicted molar refractivity (Wildman–Crippen MR) is 114 cm³/mol. The average Bonchev–Trinajstić information content (AvgIpc) is 2.71. The number of hydrogen-bond acceptors (Lipinski definition) is 4. The summed E-state index contributed by atoms with van der Waals surface area (Å²) in [7, 11) is 0. The average molecular weight is 411 g/mol. The number of hydrogen-bond donors (Lipinski definition) is 1. The monoisotopic (exact) mass is 410 g/mol. The summed E-state index contributed by atoms with van der Waals surface area (Å²) in [4.78, 5) is 14.1. The van der Waals surface area contributed by atoms with Crippen LogP contribution in [0.2, 0.25) is 5.02 Å². The third-order valence-corrected chi connectivity index (χ3v) is 4.99. The third kappa shape index (κ3) is 6.44. The van der Waals surface area contributed by atoms with Crippen LogP contribution in [0.5, 0.6) is 5.75 Å². The maximum atomic E-state index is 11.8. The van der Waals surface area contributed by atoms with Gasteiger partial charge in [0.2, 0.25) is 0 Å². The van der Waals surface area contributed by atoms with E-state index in [1.807, 2.05) is 24.3 Å². The highest BCUT2D eigenvalue weighted by Crippen LogP contribution is 2.27. The lowest BCUT2D eigenvalue weighted by Gasteiger charge is -2.05. The summed E-state index contributed by atoms with van der Waals surface area (Å²) in [5.41, 5.74) is 4.59. The maximum Gasteiger partial charge on any atom is 0.277 e. The molecule has 0 saturated heterocycles. The van der Waals surface area contributed by atoms with Gasteiger partial charge in [-0.05, 0) is 61.0 Å². The van der Waals surface area contributed by atoms with Crippen LogP contribution in [0.25, 0.3) is 0 Å². The van der Waals surface area contributed by atoms with Crippen molar-refractivity contribution in [3.8, 4) is 5.75 Å². The number of aryl methyl sites for hydroxylation is 1. The molecule has 0 aliphatic rings. The van der Waals surface area contributed by atoms with E-state index in [0.717, 1.165) is 10.5 Å². The highest BCUT2D eigenvalue weighted by atomic mass is 35.5. The van der Waals surface area contributed by atoms with Crippen LogP contribution in [0.3, 0.4) is 0 Å². The number of halogens is 1. The Labute approximate surface area is 173 Å². The number of nitrogens with zero attached hydrogens (tertiary/aromatic N) is 1. The first-order chi connectivity index (χ1) is 13.6. The maximum absolute atomic E-state index is 11.8. The number of ether oxygens (including phenoxy) is 1. The molecule has 28 heavy (non-hydrogen) atoms. The van der Waals surface area contributed by atoms with Crippen LogP contribution in [0.4, 0.5) is 0 Å². The molecular formula is C22H19ClN2O2S. The Bertz CT molecular complexity index is 940. The van der Waals surface area contributed by atoms with Crippen molar-refractivity contribution in [1.82, 2.24) is 5.43 Å². The first-order valence-corrected chi connectivity index (χ1v) is 9.83. The molecule has 3 rings (SSSR count). The van der Waals surface area contributed by atoms with Crippen molar-refractivity contribution in [3.05, 3.63) is 88.9 Å². The highest BCUT2D eigenvalue weighted by molar-refractivity contribution is 7.99. The molecule has 1 amide bonds. The van der Waals surface area contributed by atoms with Crippen molar-refractivity contribution >= 4 is 35.5 Å². The zero-order valence-corrected chi connectivity index (χ0v) is 16.8. The Kier molecular flexibility index (Phi) is 7.12. The van der Waals surface area contributed by atoms with Gasteiger partial charge in [0.05, 0.1) is 6.21 Å². The Morgan fingerprint density at radius 1 is 1.00 bits per heavy atom. The van der Waals surface area contributed by atoms with Gasteiger partial charge in [0.15, 0.2) is 6.61 Å². The summed E-state index contributed by atoms with van der Waals surface area (Å²) in [6.45, 7) is 1.95. The van der Waals surface area contributed by atoms with Crippen molar-refractivity contribution in [2.75, 3.05) is 6.61 Å². The summed E-state index contributed by atoms with van der Waals surface area (Å²) >= 11 is 7.50. The molecule has 6 heteroatoms. The van der Waals surface area contributed by atoms with Gasteiger partial charge >= 0.3 is 0 Å². The predicted octanol–water partition coefficient (Wildman–Crippen LogP) is 5.33. The molecule has 3 aromatic rings. The minimum atomic E-state index is -0.335. The van der Waals surface area contributed by atoms with Gasteiger partial charge in [0.1, 0.15) is 5.75 Å². The van der Waals surface area contributed by atoms with Crippen LogP contribution >= 0.6 is 23.4 Å². The van der Waals surface area contributed by atoms with Crippen molar-refractivity contribution in [2.45, 2.75) is 16.7 Å². The van der Waals surface area contributed by atoms with Gasteiger partial charge in [0.25, 0.3) is 5.91 Å². The Hall–Kier alpha value is -2.76. The van der Waals surface area contributed by atoms with E-state index in [1.54, 1.807) is 42.2 Å².